The molecule has 9 heteroatoms. The number of hydrogen-bond acceptors (Lipinski definition) is 3. The number of phenols is 1. The molecular weight excluding hydrogens is 294 g/mol. The number of aromatic hydroxyl groups is 1. The van der Waals surface area contributed by atoms with Crippen LogP contribution in [0.5, 0.6) is 5.75 Å². The van der Waals surface area contributed by atoms with Crippen LogP contribution in [-0.4, -0.2) is 27.7 Å². The third kappa shape index (κ3) is 3.34. The molecule has 3 N–H and O–H groups in total. The van der Waals surface area contributed by atoms with Crippen LogP contribution >= 0.6 is 0 Å². The van der Waals surface area contributed by atoms with Crippen LogP contribution < -0.4 is 0 Å². The van der Waals surface area contributed by atoms with Gasteiger partial charge in [-0.25, -0.2) is 0 Å². The van der Waals surface area contributed by atoms with E-state index in [0.717, 1.165) is 0 Å². The molecule has 0 spiro atoms. The zero-order valence-corrected chi connectivity index (χ0v) is 9.76. The second-order valence-corrected chi connectivity index (χ2v) is 4.02. The quantitative estimate of drug-likeness (QED) is 0.752. The summed E-state index contributed by atoms with van der Waals surface area (Å²) in [6.07, 6.45) is -11.2. The van der Waals surface area contributed by atoms with Crippen LogP contribution in [0, 0.1) is 0 Å². The van der Waals surface area contributed by atoms with E-state index in [4.69, 9.17) is 10.2 Å². The summed E-state index contributed by atoms with van der Waals surface area (Å²) in [7, 11) is 0. The minimum Gasteiger partial charge on any atom is -0.507 e. The Morgan fingerprint density at radius 3 is 1.45 bits per heavy atom. The standard InChI is InChI=1S/C11H10F6O3/c12-10(13,14)9(11(15,16)17)5-1-6(3-18)8(20)7(2-5)4-19/h1-2,9,18-20H,3-4H2. The highest BCUT2D eigenvalue weighted by Gasteiger charge is 2.57. The average Bonchev–Trinajstić information content (AvgIpc) is 2.27. The Morgan fingerprint density at radius 1 is 0.850 bits per heavy atom. The first-order valence-corrected chi connectivity index (χ1v) is 5.22. The molecule has 0 saturated heterocycles. The fraction of sp³-hybridized carbons (Fsp3) is 0.455. The van der Waals surface area contributed by atoms with Crippen LogP contribution in [-0.2, 0) is 13.2 Å². The molecule has 0 radical (unpaired) electrons. The number of alkyl halides is 6. The van der Waals surface area contributed by atoms with Crippen molar-refractivity contribution in [3.05, 3.63) is 28.8 Å². The molecule has 3 nitrogen and oxygen atoms in total. The molecule has 1 aromatic rings. The summed E-state index contributed by atoms with van der Waals surface area (Å²) in [4.78, 5) is 0. The van der Waals surface area contributed by atoms with E-state index in [1.165, 1.54) is 0 Å². The van der Waals surface area contributed by atoms with E-state index >= 15 is 0 Å². The van der Waals surface area contributed by atoms with E-state index in [1.54, 1.807) is 0 Å². The van der Waals surface area contributed by atoms with Gasteiger partial charge in [0.1, 0.15) is 5.75 Å². The summed E-state index contributed by atoms with van der Waals surface area (Å²) in [6, 6.07) is 0.834. The maximum absolute atomic E-state index is 12.6. The van der Waals surface area contributed by atoms with Crippen LogP contribution in [0.15, 0.2) is 12.1 Å². The van der Waals surface area contributed by atoms with Crippen molar-refractivity contribution in [1.82, 2.24) is 0 Å². The normalized spacial score (nSPS) is 13.1. The Kier molecular flexibility index (Phi) is 4.55. The molecule has 0 atom stereocenters. The van der Waals surface area contributed by atoms with E-state index in [-0.39, 0.29) is 0 Å². The van der Waals surface area contributed by atoms with Gasteiger partial charge in [0.25, 0.3) is 0 Å². The molecule has 0 bridgehead atoms. The lowest BCUT2D eigenvalue weighted by atomic mass is 9.93. The summed E-state index contributed by atoms with van der Waals surface area (Å²) in [5, 5.41) is 27.1. The zero-order valence-electron chi connectivity index (χ0n) is 9.76. The topological polar surface area (TPSA) is 60.7 Å². The largest absolute Gasteiger partial charge is 0.507 e. The molecule has 1 aromatic carbocycles. The minimum absolute atomic E-state index is 0.417. The van der Waals surface area contributed by atoms with Crippen molar-refractivity contribution < 1.29 is 41.7 Å². The second-order valence-electron chi connectivity index (χ2n) is 4.02. The van der Waals surface area contributed by atoms with Crippen LogP contribution in [0.1, 0.15) is 22.6 Å². The summed E-state index contributed by atoms with van der Waals surface area (Å²) < 4.78 is 75.4. The number of rotatable bonds is 3. The van der Waals surface area contributed by atoms with Gasteiger partial charge in [-0.3, -0.25) is 0 Å². The summed E-state index contributed by atoms with van der Waals surface area (Å²) in [5.41, 5.74) is -2.24. The fourth-order valence-electron chi connectivity index (χ4n) is 1.76. The lowest BCUT2D eigenvalue weighted by Gasteiger charge is -2.24. The van der Waals surface area contributed by atoms with Gasteiger partial charge in [0.2, 0.25) is 0 Å². The number of aliphatic hydroxyl groups is 2. The first kappa shape index (κ1) is 16.6. The molecule has 0 amide bonds. The average molecular weight is 304 g/mol. The number of aliphatic hydroxyl groups excluding tert-OH is 2. The maximum Gasteiger partial charge on any atom is 0.404 e. The van der Waals surface area contributed by atoms with Crippen LogP contribution in [0.25, 0.3) is 0 Å². The third-order valence-corrected chi connectivity index (χ3v) is 2.62. The third-order valence-electron chi connectivity index (χ3n) is 2.62. The first-order valence-electron chi connectivity index (χ1n) is 5.22. The summed E-state index contributed by atoms with van der Waals surface area (Å²) in [6.45, 7) is -1.93. The Balaban J connectivity index is 3.50. The maximum atomic E-state index is 12.6. The van der Waals surface area contributed by atoms with Crippen molar-refractivity contribution >= 4 is 0 Å². The number of hydrogen-bond donors (Lipinski definition) is 3. The van der Waals surface area contributed by atoms with Gasteiger partial charge >= 0.3 is 12.4 Å². The lowest BCUT2D eigenvalue weighted by molar-refractivity contribution is -0.253. The van der Waals surface area contributed by atoms with Gasteiger partial charge in [-0.1, -0.05) is 0 Å². The van der Waals surface area contributed by atoms with Gasteiger partial charge < -0.3 is 15.3 Å². The van der Waals surface area contributed by atoms with Crippen LogP contribution in [0.4, 0.5) is 26.3 Å². The molecule has 1 rings (SSSR count). The predicted molar refractivity (Wildman–Crippen MR) is 54.8 cm³/mol. The number of halogens is 6. The van der Waals surface area contributed by atoms with Crippen LogP contribution in [0.2, 0.25) is 0 Å². The van der Waals surface area contributed by atoms with Gasteiger partial charge in [0.15, 0.2) is 5.92 Å². The SMILES string of the molecule is OCc1cc(C(C(F)(F)F)C(F)(F)F)cc(CO)c1O. The minimum atomic E-state index is -5.59. The zero-order chi connectivity index (χ0) is 15.7. The van der Waals surface area contributed by atoms with Crippen molar-refractivity contribution in [3.8, 4) is 5.75 Å². The van der Waals surface area contributed by atoms with E-state index in [0.29, 0.717) is 12.1 Å². The van der Waals surface area contributed by atoms with Gasteiger partial charge in [-0.15, -0.1) is 0 Å². The molecule has 0 heterocycles. The molecule has 0 aromatic heterocycles. The van der Waals surface area contributed by atoms with E-state index in [2.05, 4.69) is 0 Å². The van der Waals surface area contributed by atoms with E-state index in [9.17, 15) is 31.4 Å². The van der Waals surface area contributed by atoms with E-state index in [1.807, 2.05) is 0 Å². The molecule has 0 aliphatic heterocycles. The molecule has 0 aliphatic carbocycles. The Bertz CT molecular complexity index is 441. The van der Waals surface area contributed by atoms with Gasteiger partial charge in [0.05, 0.1) is 13.2 Å². The van der Waals surface area contributed by atoms with Crippen molar-refractivity contribution in [2.45, 2.75) is 31.5 Å². The van der Waals surface area contributed by atoms with Gasteiger partial charge in [-0.2, -0.15) is 26.3 Å². The second kappa shape index (κ2) is 5.49. The summed E-state index contributed by atoms with van der Waals surface area (Å²) in [5.74, 6) is -4.49. The molecule has 0 saturated carbocycles. The van der Waals surface area contributed by atoms with Gasteiger partial charge in [-0.05, 0) is 17.7 Å². The highest BCUT2D eigenvalue weighted by molar-refractivity contribution is 5.45. The molecule has 20 heavy (non-hydrogen) atoms. The lowest BCUT2D eigenvalue weighted by Crippen LogP contribution is -2.34. The van der Waals surface area contributed by atoms with E-state index < -0.39 is 53.9 Å². The number of benzene rings is 1. The van der Waals surface area contributed by atoms with Gasteiger partial charge in [0, 0.05) is 11.1 Å². The molecular formula is C11H10F6O3. The fourth-order valence-corrected chi connectivity index (χ4v) is 1.76. The smallest absolute Gasteiger partial charge is 0.404 e. The summed E-state index contributed by atoms with van der Waals surface area (Å²) >= 11 is 0. The Morgan fingerprint density at radius 2 is 1.20 bits per heavy atom. The molecule has 0 fully saturated rings. The molecule has 114 valence electrons. The molecule has 0 aliphatic rings. The van der Waals surface area contributed by atoms with Crippen LogP contribution in [0.3, 0.4) is 0 Å². The monoisotopic (exact) mass is 304 g/mol. The van der Waals surface area contributed by atoms with Crippen molar-refractivity contribution in [2.24, 2.45) is 0 Å². The Hall–Kier alpha value is -1.48. The Labute approximate surface area is 109 Å². The first-order chi connectivity index (χ1) is 9.02. The predicted octanol–water partition coefficient (Wildman–Crippen LogP) is 2.59. The molecule has 0 unspecified atom stereocenters. The van der Waals surface area contributed by atoms with Crippen molar-refractivity contribution in [2.75, 3.05) is 0 Å². The highest BCUT2D eigenvalue weighted by Crippen LogP contribution is 2.47. The van der Waals surface area contributed by atoms with Crippen molar-refractivity contribution in [3.63, 3.8) is 0 Å². The van der Waals surface area contributed by atoms with Crippen molar-refractivity contribution in [1.29, 1.82) is 0 Å². The highest BCUT2D eigenvalue weighted by atomic mass is 19.4.